The number of carbonyl (C=O) groups excluding carboxylic acids is 1. The van der Waals surface area contributed by atoms with Crippen LogP contribution in [0.25, 0.3) is 22.1 Å². The van der Waals surface area contributed by atoms with E-state index in [1.54, 1.807) is 18.2 Å². The first-order valence-electron chi connectivity index (χ1n) is 7.21. The third kappa shape index (κ3) is 3.28. The van der Waals surface area contributed by atoms with E-state index in [4.69, 9.17) is 9.47 Å². The van der Waals surface area contributed by atoms with Crippen molar-refractivity contribution in [3.63, 3.8) is 0 Å². The highest BCUT2D eigenvalue weighted by atomic mass is 16.7. The van der Waals surface area contributed by atoms with E-state index in [9.17, 15) is 4.79 Å². The number of amides is 1. The zero-order valence-corrected chi connectivity index (χ0v) is 12.9. The third-order valence-electron chi connectivity index (χ3n) is 3.56. The largest absolute Gasteiger partial charge is 0.354 e. The van der Waals surface area contributed by atoms with Crippen LogP contribution in [0.15, 0.2) is 42.5 Å². The molecule has 3 rings (SSSR count). The number of fused-ring (bicyclic) bond motifs is 2. The first-order chi connectivity index (χ1) is 11.2. The van der Waals surface area contributed by atoms with Gasteiger partial charge in [0.2, 0.25) is 0 Å². The van der Waals surface area contributed by atoms with Crippen molar-refractivity contribution in [2.75, 3.05) is 20.8 Å². The topological polar surface area (TPSA) is 73.3 Å². The summed E-state index contributed by atoms with van der Waals surface area (Å²) in [5, 5.41) is 2.77. The molecule has 23 heavy (non-hydrogen) atoms. The zero-order valence-electron chi connectivity index (χ0n) is 12.9. The number of nitrogens with one attached hydrogen (secondary N) is 1. The number of benzene rings is 2. The van der Waals surface area contributed by atoms with E-state index >= 15 is 0 Å². The highest BCUT2D eigenvalue weighted by Crippen LogP contribution is 2.17. The Bertz CT molecular complexity index is 847. The highest BCUT2D eigenvalue weighted by Gasteiger charge is 2.11. The van der Waals surface area contributed by atoms with E-state index in [0.29, 0.717) is 11.1 Å². The van der Waals surface area contributed by atoms with Crippen LogP contribution in [0, 0.1) is 0 Å². The molecule has 0 radical (unpaired) electrons. The molecular weight excluding hydrogens is 294 g/mol. The highest BCUT2D eigenvalue weighted by molar-refractivity contribution is 5.98. The summed E-state index contributed by atoms with van der Waals surface area (Å²) in [6.45, 7) is 0.271. The van der Waals surface area contributed by atoms with Crippen LogP contribution in [0.2, 0.25) is 0 Å². The molecule has 0 aliphatic rings. The van der Waals surface area contributed by atoms with Gasteiger partial charge in [-0.3, -0.25) is 4.79 Å². The van der Waals surface area contributed by atoms with E-state index in [-0.39, 0.29) is 12.5 Å². The second-order valence-electron chi connectivity index (χ2n) is 5.03. The fourth-order valence-electron chi connectivity index (χ4n) is 2.30. The van der Waals surface area contributed by atoms with Crippen molar-refractivity contribution in [3.05, 3.63) is 48.0 Å². The van der Waals surface area contributed by atoms with Crippen molar-refractivity contribution in [1.29, 1.82) is 0 Å². The van der Waals surface area contributed by atoms with Crippen LogP contribution in [0.1, 0.15) is 10.4 Å². The lowest BCUT2D eigenvalue weighted by molar-refractivity contribution is -0.0974. The van der Waals surface area contributed by atoms with Gasteiger partial charge in [-0.25, -0.2) is 9.97 Å². The van der Waals surface area contributed by atoms with E-state index in [0.717, 1.165) is 16.6 Å². The maximum atomic E-state index is 12.2. The fraction of sp³-hybridized carbons (Fsp3) is 0.235. The Morgan fingerprint density at radius 1 is 1.00 bits per heavy atom. The number of hydrogen-bond acceptors (Lipinski definition) is 5. The first-order valence-corrected chi connectivity index (χ1v) is 7.21. The van der Waals surface area contributed by atoms with Gasteiger partial charge in [0.1, 0.15) is 0 Å². The molecule has 6 heteroatoms. The number of carbonyl (C=O) groups is 1. The van der Waals surface area contributed by atoms with E-state index in [1.165, 1.54) is 14.2 Å². The Kier molecular flexibility index (Phi) is 4.45. The molecule has 6 nitrogen and oxygen atoms in total. The lowest BCUT2D eigenvalue weighted by Gasteiger charge is -2.14. The van der Waals surface area contributed by atoms with Gasteiger partial charge >= 0.3 is 0 Å². The molecular formula is C17H17N3O3. The lowest BCUT2D eigenvalue weighted by Crippen LogP contribution is -2.34. The van der Waals surface area contributed by atoms with Crippen LogP contribution in [-0.2, 0) is 9.47 Å². The zero-order chi connectivity index (χ0) is 16.2. The van der Waals surface area contributed by atoms with Crippen molar-refractivity contribution < 1.29 is 14.3 Å². The molecule has 0 aliphatic heterocycles. The van der Waals surface area contributed by atoms with Crippen molar-refractivity contribution in [2.45, 2.75) is 6.29 Å². The SMILES string of the molecule is COC(CNC(=O)c1ccc2nc3ccccc3nc2c1)OC. The molecule has 0 unspecified atom stereocenters. The Balaban J connectivity index is 1.87. The first kappa shape index (κ1) is 15.3. The standard InChI is InChI=1S/C17H17N3O3/c1-22-16(23-2)10-18-17(21)11-7-8-14-15(9-11)20-13-6-4-3-5-12(13)19-14/h3-9,16H,10H2,1-2H3,(H,18,21). The molecule has 0 aliphatic carbocycles. The van der Waals surface area contributed by atoms with Gasteiger partial charge in [0, 0.05) is 19.8 Å². The van der Waals surface area contributed by atoms with Gasteiger partial charge in [0.25, 0.3) is 5.91 Å². The van der Waals surface area contributed by atoms with Gasteiger partial charge < -0.3 is 14.8 Å². The molecule has 0 saturated heterocycles. The van der Waals surface area contributed by atoms with Crippen LogP contribution in [0.4, 0.5) is 0 Å². The maximum Gasteiger partial charge on any atom is 0.251 e. The summed E-state index contributed by atoms with van der Waals surface area (Å²) in [6, 6.07) is 12.9. The second kappa shape index (κ2) is 6.68. The van der Waals surface area contributed by atoms with Crippen molar-refractivity contribution >= 4 is 28.0 Å². The average molecular weight is 311 g/mol. The lowest BCUT2D eigenvalue weighted by atomic mass is 10.1. The van der Waals surface area contributed by atoms with E-state index in [2.05, 4.69) is 15.3 Å². The summed E-state index contributed by atoms with van der Waals surface area (Å²) in [6.07, 6.45) is -0.469. The molecule has 1 amide bonds. The predicted molar refractivity (Wildman–Crippen MR) is 87.2 cm³/mol. The molecule has 1 heterocycles. The molecule has 0 saturated carbocycles. The predicted octanol–water partition coefficient (Wildman–Crippen LogP) is 2.13. The number of methoxy groups -OCH3 is 2. The second-order valence-corrected chi connectivity index (χ2v) is 5.03. The summed E-state index contributed by atoms with van der Waals surface area (Å²) in [5.41, 5.74) is 3.60. The van der Waals surface area contributed by atoms with Crippen LogP contribution in [0.5, 0.6) is 0 Å². The van der Waals surface area contributed by atoms with Gasteiger partial charge in [-0.2, -0.15) is 0 Å². The number of nitrogens with zero attached hydrogens (tertiary/aromatic N) is 2. The van der Waals surface area contributed by atoms with Gasteiger partial charge in [0.15, 0.2) is 6.29 Å². The number of ether oxygens (including phenoxy) is 2. The van der Waals surface area contributed by atoms with Crippen molar-refractivity contribution in [3.8, 4) is 0 Å². The Labute approximate surface area is 133 Å². The third-order valence-corrected chi connectivity index (χ3v) is 3.56. The Morgan fingerprint density at radius 2 is 1.61 bits per heavy atom. The summed E-state index contributed by atoms with van der Waals surface area (Å²) in [5.74, 6) is -0.207. The molecule has 0 atom stereocenters. The molecule has 0 fully saturated rings. The van der Waals surface area contributed by atoms with Gasteiger partial charge in [-0.1, -0.05) is 12.1 Å². The maximum absolute atomic E-state index is 12.2. The minimum absolute atomic E-state index is 0.207. The fourth-order valence-corrected chi connectivity index (χ4v) is 2.30. The molecule has 3 aromatic rings. The molecule has 1 N–H and O–H groups in total. The van der Waals surface area contributed by atoms with E-state index < -0.39 is 6.29 Å². The molecule has 0 bridgehead atoms. The van der Waals surface area contributed by atoms with Crippen LogP contribution < -0.4 is 5.32 Å². The van der Waals surface area contributed by atoms with Gasteiger partial charge in [-0.05, 0) is 30.3 Å². The smallest absolute Gasteiger partial charge is 0.251 e. The van der Waals surface area contributed by atoms with Crippen LogP contribution >= 0.6 is 0 Å². The molecule has 1 aromatic heterocycles. The Morgan fingerprint density at radius 3 is 2.26 bits per heavy atom. The minimum atomic E-state index is -0.469. The number of rotatable bonds is 5. The molecule has 2 aromatic carbocycles. The summed E-state index contributed by atoms with van der Waals surface area (Å²) >= 11 is 0. The van der Waals surface area contributed by atoms with Crippen LogP contribution in [0.3, 0.4) is 0 Å². The van der Waals surface area contributed by atoms with Crippen molar-refractivity contribution in [2.24, 2.45) is 0 Å². The normalized spacial score (nSPS) is 11.3. The van der Waals surface area contributed by atoms with E-state index in [1.807, 2.05) is 24.3 Å². The minimum Gasteiger partial charge on any atom is -0.354 e. The molecule has 0 spiro atoms. The van der Waals surface area contributed by atoms with Crippen molar-refractivity contribution in [1.82, 2.24) is 15.3 Å². The number of hydrogen-bond donors (Lipinski definition) is 1. The van der Waals surface area contributed by atoms with Crippen LogP contribution in [-0.4, -0.2) is 42.9 Å². The number of para-hydroxylation sites is 2. The quantitative estimate of drug-likeness (QED) is 0.577. The Hall–Kier alpha value is -2.57. The monoisotopic (exact) mass is 311 g/mol. The van der Waals surface area contributed by atoms with Gasteiger partial charge in [0.05, 0.1) is 28.6 Å². The van der Waals surface area contributed by atoms with Gasteiger partial charge in [-0.15, -0.1) is 0 Å². The average Bonchev–Trinajstić information content (AvgIpc) is 2.60. The summed E-state index contributed by atoms with van der Waals surface area (Å²) < 4.78 is 10.1. The number of aromatic nitrogens is 2. The summed E-state index contributed by atoms with van der Waals surface area (Å²) in [4.78, 5) is 21.3. The summed E-state index contributed by atoms with van der Waals surface area (Å²) in [7, 11) is 3.05. The molecule has 118 valence electrons.